The number of aromatic nitrogens is 1. The number of pyridine rings is 1. The Morgan fingerprint density at radius 1 is 1.35 bits per heavy atom. The number of Topliss-reactive ketones (excluding diaryl/α,β-unsaturated/α-hetero) is 1. The molecule has 7 heteroatoms. The van der Waals surface area contributed by atoms with Crippen LogP contribution in [0.2, 0.25) is 0 Å². The van der Waals surface area contributed by atoms with Crippen LogP contribution in [0.25, 0.3) is 0 Å². The summed E-state index contributed by atoms with van der Waals surface area (Å²) in [7, 11) is 0. The number of piperidine rings is 1. The number of aliphatic hydroxyl groups is 1. The number of ketones is 1. The first-order valence-corrected chi connectivity index (χ1v) is 7.48. The molecule has 1 fully saturated rings. The molecule has 1 aromatic heterocycles. The molecule has 0 spiro atoms. The predicted octanol–water partition coefficient (Wildman–Crippen LogP) is 2.17. The van der Waals surface area contributed by atoms with Crippen LogP contribution in [0, 0.1) is 5.82 Å². The van der Waals surface area contributed by atoms with Crippen LogP contribution < -0.4 is 0 Å². The predicted molar refractivity (Wildman–Crippen MR) is 80.5 cm³/mol. The van der Waals surface area contributed by atoms with Gasteiger partial charge in [-0.3, -0.25) is 4.79 Å². The first kappa shape index (κ1) is 17.3. The molecule has 0 saturated carbocycles. The fourth-order valence-corrected chi connectivity index (χ4v) is 2.39. The monoisotopic (exact) mass is 324 g/mol. The van der Waals surface area contributed by atoms with Gasteiger partial charge >= 0.3 is 6.09 Å². The highest BCUT2D eigenvalue weighted by atomic mass is 19.1. The number of amides is 1. The molecule has 1 N–H and O–H groups in total. The molecule has 6 nitrogen and oxygen atoms in total. The van der Waals surface area contributed by atoms with Crippen molar-refractivity contribution in [1.29, 1.82) is 0 Å². The van der Waals surface area contributed by atoms with Crippen LogP contribution in [0.15, 0.2) is 18.3 Å². The lowest BCUT2D eigenvalue weighted by molar-refractivity contribution is -0.0203. The number of carbonyl (C=O) groups is 2. The highest BCUT2D eigenvalue weighted by Gasteiger charge is 2.42. The molecule has 2 rings (SSSR count). The van der Waals surface area contributed by atoms with Crippen molar-refractivity contribution in [3.05, 3.63) is 29.8 Å². The topological polar surface area (TPSA) is 79.7 Å². The minimum absolute atomic E-state index is 0.0150. The Morgan fingerprint density at radius 2 is 1.96 bits per heavy atom. The van der Waals surface area contributed by atoms with Gasteiger partial charge in [0.1, 0.15) is 16.9 Å². The Labute approximate surface area is 134 Å². The number of carbonyl (C=O) groups excluding carboxylic acids is 2. The molecule has 1 aliphatic heterocycles. The van der Waals surface area contributed by atoms with E-state index in [0.29, 0.717) is 0 Å². The maximum atomic E-state index is 13.7. The van der Waals surface area contributed by atoms with Crippen LogP contribution in [-0.4, -0.2) is 51.2 Å². The Kier molecular flexibility index (Phi) is 4.70. The molecule has 126 valence electrons. The van der Waals surface area contributed by atoms with Gasteiger partial charge in [0.25, 0.3) is 0 Å². The number of likely N-dealkylation sites (tertiary alicyclic amines) is 1. The van der Waals surface area contributed by atoms with E-state index in [9.17, 15) is 19.1 Å². The third kappa shape index (κ3) is 4.04. The number of rotatable bonds is 2. The standard InChI is InChI=1S/C16H21FN2O4/c1-15(2,3)23-14(21)19-9-6-16(22,7-10-19)13(20)12-11(17)5-4-8-18-12/h4-5,8,22H,6-7,9-10H2,1-3H3. The van der Waals surface area contributed by atoms with Crippen LogP contribution in [0.4, 0.5) is 9.18 Å². The summed E-state index contributed by atoms with van der Waals surface area (Å²) in [6, 6.07) is 2.50. The lowest BCUT2D eigenvalue weighted by atomic mass is 9.85. The fourth-order valence-electron chi connectivity index (χ4n) is 2.39. The van der Waals surface area contributed by atoms with Gasteiger partial charge in [-0.05, 0) is 32.9 Å². The maximum absolute atomic E-state index is 13.7. The lowest BCUT2D eigenvalue weighted by Gasteiger charge is -2.37. The Hall–Kier alpha value is -2.02. The number of halogens is 1. The molecule has 1 aliphatic rings. The highest BCUT2D eigenvalue weighted by Crippen LogP contribution is 2.27. The molecule has 0 unspecified atom stereocenters. The molecule has 0 aliphatic carbocycles. The summed E-state index contributed by atoms with van der Waals surface area (Å²) in [6.45, 7) is 5.60. The SMILES string of the molecule is CC(C)(C)OC(=O)N1CCC(O)(C(=O)c2ncccc2F)CC1. The van der Waals surface area contributed by atoms with Crippen LogP contribution in [0.5, 0.6) is 0 Å². The van der Waals surface area contributed by atoms with Gasteiger partial charge in [0.05, 0.1) is 0 Å². The van der Waals surface area contributed by atoms with Gasteiger partial charge < -0.3 is 14.7 Å². The van der Waals surface area contributed by atoms with Gasteiger partial charge in [-0.15, -0.1) is 0 Å². The number of ether oxygens (including phenoxy) is 1. The normalized spacial score (nSPS) is 17.7. The molecule has 23 heavy (non-hydrogen) atoms. The lowest BCUT2D eigenvalue weighted by Crippen LogP contribution is -2.52. The van der Waals surface area contributed by atoms with Gasteiger partial charge in [-0.25, -0.2) is 14.2 Å². The number of hydrogen-bond donors (Lipinski definition) is 1. The van der Waals surface area contributed by atoms with Crippen molar-refractivity contribution in [3.8, 4) is 0 Å². The van der Waals surface area contributed by atoms with E-state index in [1.165, 1.54) is 17.2 Å². The van der Waals surface area contributed by atoms with E-state index >= 15 is 0 Å². The van der Waals surface area contributed by atoms with E-state index in [2.05, 4.69) is 4.98 Å². The van der Waals surface area contributed by atoms with Gasteiger partial charge in [0.15, 0.2) is 5.82 Å². The van der Waals surface area contributed by atoms with E-state index < -0.39 is 28.9 Å². The van der Waals surface area contributed by atoms with Crippen molar-refractivity contribution in [3.63, 3.8) is 0 Å². The van der Waals surface area contributed by atoms with Crippen molar-refractivity contribution in [2.75, 3.05) is 13.1 Å². The first-order chi connectivity index (χ1) is 10.6. The van der Waals surface area contributed by atoms with Crippen molar-refractivity contribution in [2.24, 2.45) is 0 Å². The van der Waals surface area contributed by atoms with Crippen molar-refractivity contribution in [1.82, 2.24) is 9.88 Å². The second-order valence-electron chi connectivity index (χ2n) is 6.66. The van der Waals surface area contributed by atoms with Crippen molar-refractivity contribution < 1.29 is 23.8 Å². The van der Waals surface area contributed by atoms with Gasteiger partial charge in [0.2, 0.25) is 5.78 Å². The molecule has 1 amide bonds. The molecule has 1 saturated heterocycles. The average Bonchev–Trinajstić information content (AvgIpc) is 2.46. The van der Waals surface area contributed by atoms with Crippen LogP contribution in [-0.2, 0) is 4.74 Å². The smallest absolute Gasteiger partial charge is 0.410 e. The number of nitrogens with zero attached hydrogens (tertiary/aromatic N) is 2. The third-order valence-electron chi connectivity index (χ3n) is 3.64. The van der Waals surface area contributed by atoms with Gasteiger partial charge in [0, 0.05) is 32.1 Å². The second-order valence-corrected chi connectivity index (χ2v) is 6.66. The molecule has 0 radical (unpaired) electrons. The zero-order chi connectivity index (χ0) is 17.3. The Morgan fingerprint density at radius 3 is 2.48 bits per heavy atom. The summed E-state index contributed by atoms with van der Waals surface area (Å²) in [5.74, 6) is -1.51. The third-order valence-corrected chi connectivity index (χ3v) is 3.64. The Bertz CT molecular complexity index is 604. The molecule has 0 atom stereocenters. The van der Waals surface area contributed by atoms with Crippen LogP contribution >= 0.6 is 0 Å². The molecule has 0 bridgehead atoms. The van der Waals surface area contributed by atoms with E-state index in [0.717, 1.165) is 6.07 Å². The highest BCUT2D eigenvalue weighted by molar-refractivity contribution is 6.01. The molecule has 2 heterocycles. The molecular weight excluding hydrogens is 303 g/mol. The van der Waals surface area contributed by atoms with Crippen LogP contribution in [0.1, 0.15) is 44.1 Å². The largest absolute Gasteiger partial charge is 0.444 e. The summed E-state index contributed by atoms with van der Waals surface area (Å²) in [5, 5.41) is 10.5. The zero-order valence-electron chi connectivity index (χ0n) is 13.5. The summed E-state index contributed by atoms with van der Waals surface area (Å²) >= 11 is 0. The summed E-state index contributed by atoms with van der Waals surface area (Å²) < 4.78 is 18.9. The minimum Gasteiger partial charge on any atom is -0.444 e. The quantitative estimate of drug-likeness (QED) is 0.843. The summed E-state index contributed by atoms with van der Waals surface area (Å²) in [6.07, 6.45) is 0.841. The van der Waals surface area contributed by atoms with Gasteiger partial charge in [-0.2, -0.15) is 0 Å². The van der Waals surface area contributed by atoms with E-state index in [1.54, 1.807) is 20.8 Å². The van der Waals surface area contributed by atoms with Gasteiger partial charge in [-0.1, -0.05) is 0 Å². The molecular formula is C16H21FN2O4. The minimum atomic E-state index is -1.71. The number of hydrogen-bond acceptors (Lipinski definition) is 5. The van der Waals surface area contributed by atoms with E-state index in [-0.39, 0.29) is 31.6 Å². The first-order valence-electron chi connectivity index (χ1n) is 7.48. The second kappa shape index (κ2) is 6.23. The fraction of sp³-hybridized carbons (Fsp3) is 0.562. The zero-order valence-corrected chi connectivity index (χ0v) is 13.5. The average molecular weight is 324 g/mol. The summed E-state index contributed by atoms with van der Waals surface area (Å²) in [4.78, 5) is 29.5. The van der Waals surface area contributed by atoms with Crippen molar-refractivity contribution in [2.45, 2.75) is 44.8 Å². The maximum Gasteiger partial charge on any atom is 0.410 e. The summed E-state index contributed by atoms with van der Waals surface area (Å²) in [5.41, 5.74) is -2.70. The molecule has 0 aromatic carbocycles. The van der Waals surface area contributed by atoms with E-state index in [4.69, 9.17) is 4.74 Å². The van der Waals surface area contributed by atoms with E-state index in [1.807, 2.05) is 0 Å². The van der Waals surface area contributed by atoms with Crippen LogP contribution in [0.3, 0.4) is 0 Å². The molecule has 1 aromatic rings. The Balaban J connectivity index is 2.04. The van der Waals surface area contributed by atoms with Crippen molar-refractivity contribution >= 4 is 11.9 Å².